The molecule has 0 aliphatic carbocycles. The molecular weight excluding hydrogens is 473 g/mol. The molecule has 3 N–H and O–H groups in total. The molecule has 0 radical (unpaired) electrons. The average molecular weight is 509 g/mol. The van der Waals surface area contributed by atoms with E-state index >= 15 is 0 Å². The molecule has 6 nitrogen and oxygen atoms in total. The topological polar surface area (TPSA) is 87.7 Å². The summed E-state index contributed by atoms with van der Waals surface area (Å²) < 4.78 is 46.9. The number of benzene rings is 2. The van der Waals surface area contributed by atoms with E-state index in [1.54, 1.807) is 39.0 Å². The van der Waals surface area contributed by atoms with E-state index < -0.39 is 46.8 Å². The highest BCUT2D eigenvalue weighted by Gasteiger charge is 2.28. The highest BCUT2D eigenvalue weighted by Crippen LogP contribution is 2.21. The molecule has 0 unspecified atom stereocenters. The fraction of sp³-hybridized carbons (Fsp3) is 0.481. The molecule has 2 amide bonds. The van der Waals surface area contributed by atoms with Crippen LogP contribution in [0, 0.1) is 24.4 Å². The molecule has 2 atom stereocenters. The second kappa shape index (κ2) is 11.3. The number of rotatable bonds is 7. The Kier molecular flexibility index (Phi) is 9.18. The number of amides is 2. The maximum Gasteiger partial charge on any atom is 0.407 e. The van der Waals surface area contributed by atoms with Crippen LogP contribution in [-0.2, 0) is 17.6 Å². The fourth-order valence-corrected chi connectivity index (χ4v) is 3.59. The summed E-state index contributed by atoms with van der Waals surface area (Å²) >= 11 is 0. The lowest BCUT2D eigenvalue weighted by atomic mass is 9.92. The van der Waals surface area contributed by atoms with Gasteiger partial charge in [0.2, 0.25) is 0 Å². The largest absolute Gasteiger partial charge is 0.444 e. The predicted octanol–water partition coefficient (Wildman–Crippen LogP) is 4.98. The second-order valence-corrected chi connectivity index (χ2v) is 11.0. The number of alkyl carbamates (subject to hydrolysis) is 1. The number of carbonyl (C=O) groups is 2. The first-order valence-electron chi connectivity index (χ1n) is 11.7. The number of nitrogens with one attached hydrogen (secondary N) is 2. The zero-order chi connectivity index (χ0) is 27.4. The molecule has 2 rings (SSSR count). The van der Waals surface area contributed by atoms with Crippen LogP contribution in [0.25, 0.3) is 0 Å². The number of hydrogen-bond acceptors (Lipinski definition) is 4. The highest BCUT2D eigenvalue weighted by atomic mass is 19.2. The summed E-state index contributed by atoms with van der Waals surface area (Å²) in [5.41, 5.74) is 0.108. The summed E-state index contributed by atoms with van der Waals surface area (Å²) in [5.74, 6) is -3.95. The third-order valence-corrected chi connectivity index (χ3v) is 5.12. The Bertz CT molecular complexity index is 1110. The molecule has 0 saturated carbocycles. The van der Waals surface area contributed by atoms with Crippen molar-refractivity contribution in [2.75, 3.05) is 0 Å². The van der Waals surface area contributed by atoms with Crippen LogP contribution in [0.1, 0.15) is 68.6 Å². The van der Waals surface area contributed by atoms with Gasteiger partial charge in [-0.1, -0.05) is 17.7 Å². The van der Waals surface area contributed by atoms with Crippen LogP contribution in [0.15, 0.2) is 30.3 Å². The van der Waals surface area contributed by atoms with Gasteiger partial charge in [-0.3, -0.25) is 4.79 Å². The first-order chi connectivity index (χ1) is 16.4. The van der Waals surface area contributed by atoms with Gasteiger partial charge in [-0.15, -0.1) is 0 Å². The van der Waals surface area contributed by atoms with E-state index in [1.807, 2.05) is 27.7 Å². The van der Waals surface area contributed by atoms with Crippen molar-refractivity contribution in [3.05, 3.63) is 70.0 Å². The van der Waals surface area contributed by atoms with Gasteiger partial charge >= 0.3 is 6.09 Å². The van der Waals surface area contributed by atoms with Gasteiger partial charge in [0, 0.05) is 23.6 Å². The maximum absolute atomic E-state index is 14.4. The number of ether oxygens (including phenoxy) is 1. The molecular formula is C27H35F3N2O4. The summed E-state index contributed by atoms with van der Waals surface area (Å²) in [5, 5.41) is 16.5. The molecule has 0 spiro atoms. The van der Waals surface area contributed by atoms with Crippen LogP contribution in [0.3, 0.4) is 0 Å². The Labute approximate surface area is 210 Å². The van der Waals surface area contributed by atoms with Crippen LogP contribution < -0.4 is 10.6 Å². The number of halogens is 3. The summed E-state index contributed by atoms with van der Waals surface area (Å²) in [4.78, 5) is 25.3. The first-order valence-corrected chi connectivity index (χ1v) is 11.7. The highest BCUT2D eigenvalue weighted by molar-refractivity contribution is 5.96. The van der Waals surface area contributed by atoms with Gasteiger partial charge in [-0.25, -0.2) is 18.0 Å². The standard InChI is InChI=1S/C27H35F3N2O4/c1-15-8-9-18(24(34)32-26(2,3)4)16(10-15)13-23(33)22(31-25(35)36-27(5,6)7)12-17-11-20(29)21(30)14-19(17)28/h8-11,14,22-23,33H,12-13H2,1-7H3,(H,31,35)(H,32,34)/t22-,23-/m1/s1. The Balaban J connectivity index is 2.39. The zero-order valence-electron chi connectivity index (χ0n) is 21.8. The van der Waals surface area contributed by atoms with E-state index in [2.05, 4.69) is 10.6 Å². The van der Waals surface area contributed by atoms with E-state index in [9.17, 15) is 27.9 Å². The van der Waals surface area contributed by atoms with E-state index in [0.717, 1.165) is 5.56 Å². The van der Waals surface area contributed by atoms with Crippen molar-refractivity contribution >= 4 is 12.0 Å². The lowest BCUT2D eigenvalue weighted by Gasteiger charge is -2.28. The number of aryl methyl sites for hydroxylation is 1. The average Bonchev–Trinajstić information content (AvgIpc) is 2.68. The Morgan fingerprint density at radius 2 is 1.53 bits per heavy atom. The number of carbonyl (C=O) groups excluding carboxylic acids is 2. The minimum atomic E-state index is -1.34. The van der Waals surface area contributed by atoms with Gasteiger partial charge < -0.3 is 20.5 Å². The Morgan fingerprint density at radius 1 is 0.917 bits per heavy atom. The van der Waals surface area contributed by atoms with Gasteiger partial charge in [0.25, 0.3) is 5.91 Å². The van der Waals surface area contributed by atoms with Crippen molar-refractivity contribution in [1.82, 2.24) is 10.6 Å². The first kappa shape index (κ1) is 29.2. The predicted molar refractivity (Wildman–Crippen MR) is 131 cm³/mol. The van der Waals surface area contributed by atoms with Crippen molar-refractivity contribution in [3.63, 3.8) is 0 Å². The van der Waals surface area contributed by atoms with Gasteiger partial charge in [0.05, 0.1) is 12.1 Å². The fourth-order valence-electron chi connectivity index (χ4n) is 3.59. The summed E-state index contributed by atoms with van der Waals surface area (Å²) in [6.07, 6.45) is -2.63. The van der Waals surface area contributed by atoms with E-state index in [-0.39, 0.29) is 24.3 Å². The molecule has 0 aliphatic heterocycles. The number of aliphatic hydroxyl groups excluding tert-OH is 1. The lowest BCUT2D eigenvalue weighted by molar-refractivity contribution is 0.0421. The smallest absolute Gasteiger partial charge is 0.407 e. The van der Waals surface area contributed by atoms with Crippen molar-refractivity contribution in [1.29, 1.82) is 0 Å². The third-order valence-electron chi connectivity index (χ3n) is 5.12. The second-order valence-electron chi connectivity index (χ2n) is 11.0. The molecule has 2 aromatic rings. The molecule has 0 bridgehead atoms. The van der Waals surface area contributed by atoms with Gasteiger partial charge in [0.1, 0.15) is 11.4 Å². The molecule has 0 heterocycles. The minimum Gasteiger partial charge on any atom is -0.444 e. The number of hydrogen-bond donors (Lipinski definition) is 3. The third kappa shape index (κ3) is 8.86. The molecule has 36 heavy (non-hydrogen) atoms. The quantitative estimate of drug-likeness (QED) is 0.461. The maximum atomic E-state index is 14.4. The number of aliphatic hydroxyl groups is 1. The van der Waals surface area contributed by atoms with Crippen LogP contribution in [0.4, 0.5) is 18.0 Å². The van der Waals surface area contributed by atoms with Crippen molar-refractivity contribution in [3.8, 4) is 0 Å². The van der Waals surface area contributed by atoms with Gasteiger partial charge in [-0.05, 0) is 78.1 Å². The monoisotopic (exact) mass is 508 g/mol. The van der Waals surface area contributed by atoms with E-state index in [0.29, 0.717) is 23.3 Å². The normalized spacial score (nSPS) is 13.6. The molecule has 0 saturated heterocycles. The van der Waals surface area contributed by atoms with Crippen LogP contribution in [-0.4, -0.2) is 40.4 Å². The summed E-state index contributed by atoms with van der Waals surface area (Å²) in [7, 11) is 0. The molecule has 0 fully saturated rings. The van der Waals surface area contributed by atoms with Crippen LogP contribution >= 0.6 is 0 Å². The lowest BCUT2D eigenvalue weighted by Crippen LogP contribution is -2.48. The van der Waals surface area contributed by atoms with Crippen molar-refractivity contribution < 1.29 is 32.6 Å². The van der Waals surface area contributed by atoms with Gasteiger partial charge in [0.15, 0.2) is 11.6 Å². The molecule has 9 heteroatoms. The van der Waals surface area contributed by atoms with Crippen LogP contribution in [0.5, 0.6) is 0 Å². The van der Waals surface area contributed by atoms with Crippen molar-refractivity contribution in [2.24, 2.45) is 0 Å². The minimum absolute atomic E-state index is 0.0830. The summed E-state index contributed by atoms with van der Waals surface area (Å²) in [6.45, 7) is 12.3. The van der Waals surface area contributed by atoms with E-state index in [1.165, 1.54) is 0 Å². The Hall–Kier alpha value is -3.07. The van der Waals surface area contributed by atoms with Gasteiger partial charge in [-0.2, -0.15) is 0 Å². The molecule has 198 valence electrons. The SMILES string of the molecule is Cc1ccc(C(=O)NC(C)(C)C)c(C[C@@H](O)[C@@H](Cc2cc(F)c(F)cc2F)NC(=O)OC(C)(C)C)c1. The molecule has 2 aromatic carbocycles. The molecule has 0 aliphatic rings. The van der Waals surface area contributed by atoms with Crippen LogP contribution in [0.2, 0.25) is 0 Å². The summed E-state index contributed by atoms with van der Waals surface area (Å²) in [6, 6.07) is 5.11. The zero-order valence-corrected chi connectivity index (χ0v) is 21.8. The Morgan fingerprint density at radius 3 is 2.11 bits per heavy atom. The van der Waals surface area contributed by atoms with E-state index in [4.69, 9.17) is 4.74 Å². The molecule has 0 aromatic heterocycles. The van der Waals surface area contributed by atoms with Crippen molar-refractivity contribution in [2.45, 2.75) is 84.6 Å².